The maximum absolute atomic E-state index is 6.06. The first-order valence-electron chi connectivity index (χ1n) is 9.64. The molecule has 1 saturated heterocycles. The van der Waals surface area contributed by atoms with Gasteiger partial charge in [-0.3, -0.25) is 4.90 Å². The molecule has 0 bridgehead atoms. The quantitative estimate of drug-likeness (QED) is 0.574. The zero-order valence-corrected chi connectivity index (χ0v) is 15.9. The first kappa shape index (κ1) is 17.8. The molecule has 7 nitrogen and oxygen atoms in total. The van der Waals surface area contributed by atoms with Gasteiger partial charge < -0.3 is 14.9 Å². The van der Waals surface area contributed by atoms with E-state index in [1.54, 1.807) is 6.20 Å². The number of nitrogen functional groups attached to an aromatic ring is 1. The van der Waals surface area contributed by atoms with E-state index in [4.69, 9.17) is 14.9 Å². The third-order valence-corrected chi connectivity index (χ3v) is 5.06. The lowest BCUT2D eigenvalue weighted by Crippen LogP contribution is -2.35. The monoisotopic (exact) mass is 387 g/mol. The molecule has 4 aromatic rings. The molecule has 1 aliphatic heterocycles. The van der Waals surface area contributed by atoms with Crippen molar-refractivity contribution in [1.82, 2.24) is 19.9 Å². The van der Waals surface area contributed by atoms with Crippen molar-refractivity contribution in [2.45, 2.75) is 6.54 Å². The molecule has 0 atom stereocenters. The summed E-state index contributed by atoms with van der Waals surface area (Å²) >= 11 is 0. The molecule has 0 aliphatic carbocycles. The van der Waals surface area contributed by atoms with Gasteiger partial charge in [-0.25, -0.2) is 15.0 Å². The molecule has 7 heteroatoms. The molecule has 29 heavy (non-hydrogen) atoms. The molecule has 2 aromatic carbocycles. The molecule has 0 unspecified atom stereocenters. The smallest absolute Gasteiger partial charge is 0.250 e. The number of morpholine rings is 1. The van der Waals surface area contributed by atoms with Gasteiger partial charge >= 0.3 is 0 Å². The lowest BCUT2D eigenvalue weighted by Gasteiger charge is -2.26. The number of hydrogen-bond acceptors (Lipinski definition) is 7. The number of aromatic nitrogens is 3. The largest absolute Gasteiger partial charge is 0.435 e. The van der Waals surface area contributed by atoms with E-state index in [9.17, 15) is 0 Å². The lowest BCUT2D eigenvalue weighted by molar-refractivity contribution is 0.0342. The first-order chi connectivity index (χ1) is 14.3. The summed E-state index contributed by atoms with van der Waals surface area (Å²) in [4.78, 5) is 15.9. The molecule has 0 radical (unpaired) electrons. The number of nitrogens with zero attached hydrogens (tertiary/aromatic N) is 4. The van der Waals surface area contributed by atoms with Gasteiger partial charge in [-0.15, -0.1) is 0 Å². The van der Waals surface area contributed by atoms with Crippen LogP contribution >= 0.6 is 0 Å². The molecule has 3 heterocycles. The maximum Gasteiger partial charge on any atom is 0.250 e. The third-order valence-electron chi connectivity index (χ3n) is 5.06. The van der Waals surface area contributed by atoms with E-state index in [0.717, 1.165) is 49.6 Å². The van der Waals surface area contributed by atoms with Gasteiger partial charge in [0.15, 0.2) is 17.1 Å². The van der Waals surface area contributed by atoms with Gasteiger partial charge in [-0.2, -0.15) is 0 Å². The van der Waals surface area contributed by atoms with Gasteiger partial charge in [-0.1, -0.05) is 36.4 Å². The lowest BCUT2D eigenvalue weighted by atomic mass is 10.1. The Morgan fingerprint density at radius 3 is 2.55 bits per heavy atom. The summed E-state index contributed by atoms with van der Waals surface area (Å²) in [6.07, 6.45) is 1.68. The summed E-state index contributed by atoms with van der Waals surface area (Å²) < 4.78 is 11.2. The first-order valence-corrected chi connectivity index (χ1v) is 9.64. The second-order valence-electron chi connectivity index (χ2n) is 7.06. The molecule has 0 saturated carbocycles. The highest BCUT2D eigenvalue weighted by Gasteiger charge is 2.16. The minimum absolute atomic E-state index is 0.296. The number of para-hydroxylation sites is 2. The number of fused-ring (bicyclic) bond motifs is 1. The van der Waals surface area contributed by atoms with Gasteiger partial charge in [0, 0.05) is 25.2 Å². The van der Waals surface area contributed by atoms with Crippen molar-refractivity contribution >= 4 is 16.9 Å². The number of hydrogen-bond donors (Lipinski definition) is 1. The van der Waals surface area contributed by atoms with E-state index in [-0.39, 0.29) is 0 Å². The SMILES string of the molecule is Nc1ncc(-c2ccc(CN3CCOCC3)cc2)nc1-c1nc2ccccc2o1. The summed E-state index contributed by atoms with van der Waals surface area (Å²) in [5.74, 6) is 0.672. The fraction of sp³-hybridized carbons (Fsp3) is 0.227. The van der Waals surface area contributed by atoms with Crippen molar-refractivity contribution in [1.29, 1.82) is 0 Å². The van der Waals surface area contributed by atoms with Gasteiger partial charge in [0.05, 0.1) is 25.1 Å². The Kier molecular flexibility index (Phi) is 4.67. The van der Waals surface area contributed by atoms with Gasteiger partial charge in [0.1, 0.15) is 5.52 Å². The van der Waals surface area contributed by atoms with Crippen LogP contribution in [0.5, 0.6) is 0 Å². The summed E-state index contributed by atoms with van der Waals surface area (Å²) in [5, 5.41) is 0. The Balaban J connectivity index is 1.41. The number of ether oxygens (including phenoxy) is 1. The molecule has 2 aromatic heterocycles. The highest BCUT2D eigenvalue weighted by molar-refractivity contribution is 5.78. The van der Waals surface area contributed by atoms with Crippen LogP contribution in [0.3, 0.4) is 0 Å². The second kappa shape index (κ2) is 7.62. The molecular formula is C22H21N5O2. The zero-order valence-electron chi connectivity index (χ0n) is 15.9. The molecular weight excluding hydrogens is 366 g/mol. The van der Waals surface area contributed by atoms with E-state index in [1.165, 1.54) is 5.56 Å². The van der Waals surface area contributed by atoms with Crippen molar-refractivity contribution in [3.63, 3.8) is 0 Å². The summed E-state index contributed by atoms with van der Waals surface area (Å²) in [5.41, 5.74) is 10.9. The Bertz CT molecular complexity index is 1100. The van der Waals surface area contributed by atoms with E-state index in [2.05, 4.69) is 44.1 Å². The van der Waals surface area contributed by atoms with Crippen LogP contribution in [-0.4, -0.2) is 46.2 Å². The molecule has 2 N–H and O–H groups in total. The van der Waals surface area contributed by atoms with Gasteiger partial charge in [0.25, 0.3) is 0 Å². The van der Waals surface area contributed by atoms with Crippen molar-refractivity contribution in [2.75, 3.05) is 32.0 Å². The van der Waals surface area contributed by atoms with Crippen molar-refractivity contribution in [3.8, 4) is 22.8 Å². The minimum atomic E-state index is 0.296. The highest BCUT2D eigenvalue weighted by Crippen LogP contribution is 2.28. The summed E-state index contributed by atoms with van der Waals surface area (Å²) in [7, 11) is 0. The van der Waals surface area contributed by atoms with Crippen LogP contribution in [0.2, 0.25) is 0 Å². The Labute approximate surface area is 168 Å². The predicted molar refractivity (Wildman–Crippen MR) is 111 cm³/mol. The average molecular weight is 387 g/mol. The number of benzene rings is 2. The molecule has 0 amide bonds. The predicted octanol–water partition coefficient (Wildman–Crippen LogP) is 3.37. The van der Waals surface area contributed by atoms with Crippen molar-refractivity contribution < 1.29 is 9.15 Å². The van der Waals surface area contributed by atoms with E-state index in [0.29, 0.717) is 23.0 Å². The Morgan fingerprint density at radius 1 is 0.966 bits per heavy atom. The molecule has 5 rings (SSSR count). The summed E-state index contributed by atoms with van der Waals surface area (Å²) in [6.45, 7) is 4.47. The normalized spacial score (nSPS) is 15.0. The topological polar surface area (TPSA) is 90.3 Å². The molecule has 146 valence electrons. The van der Waals surface area contributed by atoms with Crippen LogP contribution in [0.1, 0.15) is 5.56 Å². The van der Waals surface area contributed by atoms with E-state index >= 15 is 0 Å². The standard InChI is InChI=1S/C22H21N5O2/c23-21-20(22-26-17-3-1-2-4-19(17)29-22)25-18(13-24-21)16-7-5-15(6-8-16)14-27-9-11-28-12-10-27/h1-8,13H,9-12,14H2,(H2,23,24). The van der Waals surface area contributed by atoms with Crippen molar-refractivity contribution in [3.05, 3.63) is 60.3 Å². The Morgan fingerprint density at radius 2 is 1.76 bits per heavy atom. The van der Waals surface area contributed by atoms with Crippen LogP contribution in [-0.2, 0) is 11.3 Å². The van der Waals surface area contributed by atoms with Crippen LogP contribution in [0.15, 0.2) is 59.1 Å². The number of oxazole rings is 1. The van der Waals surface area contributed by atoms with Crippen LogP contribution < -0.4 is 5.73 Å². The summed E-state index contributed by atoms with van der Waals surface area (Å²) in [6, 6.07) is 16.0. The van der Waals surface area contributed by atoms with Crippen LogP contribution in [0.4, 0.5) is 5.82 Å². The Hall–Kier alpha value is -3.29. The van der Waals surface area contributed by atoms with Gasteiger partial charge in [0.2, 0.25) is 5.89 Å². The molecule has 1 fully saturated rings. The maximum atomic E-state index is 6.06. The highest BCUT2D eigenvalue weighted by atomic mass is 16.5. The third kappa shape index (κ3) is 3.70. The van der Waals surface area contributed by atoms with Crippen LogP contribution in [0, 0.1) is 0 Å². The molecule has 0 spiro atoms. The number of nitrogens with two attached hydrogens (primary N) is 1. The van der Waals surface area contributed by atoms with Crippen molar-refractivity contribution in [2.24, 2.45) is 0 Å². The van der Waals surface area contributed by atoms with Crippen LogP contribution in [0.25, 0.3) is 33.9 Å². The second-order valence-corrected chi connectivity index (χ2v) is 7.06. The zero-order chi connectivity index (χ0) is 19.6. The number of rotatable bonds is 4. The fourth-order valence-corrected chi connectivity index (χ4v) is 3.47. The average Bonchev–Trinajstić information content (AvgIpc) is 3.19. The minimum Gasteiger partial charge on any atom is -0.435 e. The number of anilines is 1. The van der Waals surface area contributed by atoms with E-state index < -0.39 is 0 Å². The van der Waals surface area contributed by atoms with Gasteiger partial charge in [-0.05, 0) is 17.7 Å². The molecule has 1 aliphatic rings. The fourth-order valence-electron chi connectivity index (χ4n) is 3.47. The van der Waals surface area contributed by atoms with E-state index in [1.807, 2.05) is 24.3 Å².